The first kappa shape index (κ1) is 10.7. The van der Waals surface area contributed by atoms with Gasteiger partial charge in [-0.2, -0.15) is 0 Å². The van der Waals surface area contributed by atoms with Crippen LogP contribution >= 0.6 is 0 Å². The van der Waals surface area contributed by atoms with Crippen molar-refractivity contribution in [3.63, 3.8) is 0 Å². The lowest BCUT2D eigenvalue weighted by Gasteiger charge is -2.24. The fourth-order valence-corrected chi connectivity index (χ4v) is 0.806. The quantitative estimate of drug-likeness (QED) is 0.634. The Morgan fingerprint density at radius 1 is 1.45 bits per heavy atom. The van der Waals surface area contributed by atoms with E-state index in [4.69, 9.17) is 9.84 Å². The highest BCUT2D eigenvalue weighted by molar-refractivity contribution is 4.87. The van der Waals surface area contributed by atoms with Crippen LogP contribution in [0.1, 0.15) is 27.7 Å². The van der Waals surface area contributed by atoms with Gasteiger partial charge in [-0.25, -0.2) is 0 Å². The monoisotopic (exact) mass is 158 g/mol. The van der Waals surface area contributed by atoms with Crippen molar-refractivity contribution in [1.82, 2.24) is 0 Å². The number of aliphatic hydroxyl groups is 1. The van der Waals surface area contributed by atoms with Gasteiger partial charge in [-0.1, -0.05) is 12.2 Å². The molecule has 1 N–H and O–H groups in total. The van der Waals surface area contributed by atoms with Crippen molar-refractivity contribution < 1.29 is 9.84 Å². The minimum atomic E-state index is -0.188. The summed E-state index contributed by atoms with van der Waals surface area (Å²) in [4.78, 5) is 0. The van der Waals surface area contributed by atoms with Gasteiger partial charge >= 0.3 is 0 Å². The zero-order valence-corrected chi connectivity index (χ0v) is 7.79. The zero-order valence-electron chi connectivity index (χ0n) is 7.79. The van der Waals surface area contributed by atoms with Crippen molar-refractivity contribution in [2.75, 3.05) is 6.61 Å². The van der Waals surface area contributed by atoms with Crippen molar-refractivity contribution in [2.45, 2.75) is 39.4 Å². The molecule has 0 rings (SSSR count). The highest BCUT2D eigenvalue weighted by atomic mass is 16.5. The van der Waals surface area contributed by atoms with E-state index in [0.717, 1.165) is 0 Å². The predicted molar refractivity (Wildman–Crippen MR) is 46.5 cm³/mol. The van der Waals surface area contributed by atoms with E-state index >= 15 is 0 Å². The molecule has 2 heteroatoms. The Balaban J connectivity index is 3.88. The number of hydrogen-bond donors (Lipinski definition) is 1. The molecule has 66 valence electrons. The topological polar surface area (TPSA) is 29.5 Å². The van der Waals surface area contributed by atoms with Gasteiger partial charge in [0.05, 0.1) is 18.3 Å². The van der Waals surface area contributed by atoms with Crippen LogP contribution in [0.3, 0.4) is 0 Å². The van der Waals surface area contributed by atoms with E-state index < -0.39 is 0 Å². The number of hydrogen-bond acceptors (Lipinski definition) is 2. The fourth-order valence-electron chi connectivity index (χ4n) is 0.806. The normalized spacial score (nSPS) is 15.7. The van der Waals surface area contributed by atoms with Crippen LogP contribution in [0.25, 0.3) is 0 Å². The molecule has 0 bridgehead atoms. The first-order valence-corrected chi connectivity index (χ1v) is 3.91. The summed E-state index contributed by atoms with van der Waals surface area (Å²) in [6.45, 7) is 7.87. The van der Waals surface area contributed by atoms with E-state index in [9.17, 15) is 0 Å². The van der Waals surface area contributed by atoms with Crippen LogP contribution in [0.2, 0.25) is 0 Å². The summed E-state index contributed by atoms with van der Waals surface area (Å²) in [6.07, 6.45) is 3.57. The van der Waals surface area contributed by atoms with Crippen molar-refractivity contribution in [1.29, 1.82) is 0 Å². The summed E-state index contributed by atoms with van der Waals surface area (Å²) in [5, 5.41) is 8.84. The largest absolute Gasteiger partial charge is 0.393 e. The average molecular weight is 158 g/mol. The van der Waals surface area contributed by atoms with Crippen LogP contribution in [-0.2, 0) is 4.74 Å². The highest BCUT2D eigenvalue weighted by Crippen LogP contribution is 2.11. The zero-order chi connectivity index (χ0) is 8.91. The molecule has 0 aliphatic heterocycles. The van der Waals surface area contributed by atoms with Gasteiger partial charge in [0.25, 0.3) is 0 Å². The van der Waals surface area contributed by atoms with Crippen molar-refractivity contribution in [2.24, 2.45) is 0 Å². The van der Waals surface area contributed by atoms with Crippen LogP contribution in [0.15, 0.2) is 12.2 Å². The second-order valence-corrected chi connectivity index (χ2v) is 3.48. The van der Waals surface area contributed by atoms with Crippen LogP contribution < -0.4 is 0 Å². The van der Waals surface area contributed by atoms with E-state index in [1.807, 2.05) is 39.8 Å². The third-order valence-corrected chi connectivity index (χ3v) is 1.09. The van der Waals surface area contributed by atoms with Gasteiger partial charge in [0.15, 0.2) is 0 Å². The van der Waals surface area contributed by atoms with Crippen LogP contribution in [-0.4, -0.2) is 23.4 Å². The molecule has 0 saturated carbocycles. The lowest BCUT2D eigenvalue weighted by Crippen LogP contribution is -2.28. The molecule has 0 radical (unpaired) electrons. The summed E-state index contributed by atoms with van der Waals surface area (Å²) in [5.41, 5.74) is -0.188. The Morgan fingerprint density at radius 2 is 2.00 bits per heavy atom. The minimum Gasteiger partial charge on any atom is -0.393 e. The number of rotatable bonds is 3. The fraction of sp³-hybridized carbons (Fsp3) is 0.778. The van der Waals surface area contributed by atoms with Crippen LogP contribution in [0.5, 0.6) is 0 Å². The van der Waals surface area contributed by atoms with Gasteiger partial charge in [0, 0.05) is 0 Å². The Bertz CT molecular complexity index is 122. The Hall–Kier alpha value is -0.340. The third-order valence-electron chi connectivity index (χ3n) is 1.09. The standard InChI is InChI=1S/C9H18O2/c1-5-6-8(7-10)11-9(2,3)4/h5-6,8,10H,7H2,1-4H3. The molecule has 0 aliphatic rings. The first-order valence-electron chi connectivity index (χ1n) is 3.91. The molecule has 0 aliphatic carbocycles. The maximum Gasteiger partial charge on any atom is 0.0993 e. The second-order valence-electron chi connectivity index (χ2n) is 3.48. The molecule has 0 amide bonds. The molecule has 2 nitrogen and oxygen atoms in total. The maximum absolute atomic E-state index is 8.84. The number of aliphatic hydroxyl groups excluding tert-OH is 1. The Labute approximate surface area is 68.9 Å². The second kappa shape index (κ2) is 4.52. The predicted octanol–water partition coefficient (Wildman–Crippen LogP) is 1.74. The van der Waals surface area contributed by atoms with Gasteiger partial charge < -0.3 is 9.84 Å². The van der Waals surface area contributed by atoms with E-state index in [2.05, 4.69) is 0 Å². The maximum atomic E-state index is 8.84. The molecule has 0 spiro atoms. The molecule has 0 heterocycles. The van der Waals surface area contributed by atoms with Gasteiger partial charge in [0.2, 0.25) is 0 Å². The smallest absolute Gasteiger partial charge is 0.0993 e. The van der Waals surface area contributed by atoms with Crippen molar-refractivity contribution in [3.8, 4) is 0 Å². The Kier molecular flexibility index (Phi) is 4.38. The molecular weight excluding hydrogens is 140 g/mol. The Morgan fingerprint density at radius 3 is 2.27 bits per heavy atom. The van der Waals surface area contributed by atoms with E-state index in [1.54, 1.807) is 0 Å². The van der Waals surface area contributed by atoms with Crippen molar-refractivity contribution >= 4 is 0 Å². The van der Waals surface area contributed by atoms with Crippen LogP contribution in [0, 0.1) is 0 Å². The van der Waals surface area contributed by atoms with Gasteiger partial charge in [-0.15, -0.1) is 0 Å². The molecule has 0 saturated heterocycles. The summed E-state index contributed by atoms with van der Waals surface area (Å²) in [6, 6.07) is 0. The molecule has 0 aromatic carbocycles. The summed E-state index contributed by atoms with van der Waals surface area (Å²) in [7, 11) is 0. The first-order chi connectivity index (χ1) is 4.99. The molecule has 0 aromatic rings. The number of ether oxygens (including phenoxy) is 1. The molecule has 0 aromatic heterocycles. The lowest BCUT2D eigenvalue weighted by atomic mass is 10.2. The SMILES string of the molecule is CC=CC(CO)OC(C)(C)C. The molecule has 11 heavy (non-hydrogen) atoms. The minimum absolute atomic E-state index is 0.0433. The van der Waals surface area contributed by atoms with Crippen molar-refractivity contribution in [3.05, 3.63) is 12.2 Å². The van der Waals surface area contributed by atoms with E-state index in [-0.39, 0.29) is 18.3 Å². The van der Waals surface area contributed by atoms with E-state index in [0.29, 0.717) is 0 Å². The molecular formula is C9H18O2. The summed E-state index contributed by atoms with van der Waals surface area (Å²) >= 11 is 0. The van der Waals surface area contributed by atoms with Gasteiger partial charge in [0.1, 0.15) is 0 Å². The summed E-state index contributed by atoms with van der Waals surface area (Å²) in [5.74, 6) is 0. The molecule has 0 fully saturated rings. The highest BCUT2D eigenvalue weighted by Gasteiger charge is 2.15. The molecule has 1 unspecified atom stereocenters. The third kappa shape index (κ3) is 6.07. The molecule has 1 atom stereocenters. The van der Waals surface area contributed by atoms with Gasteiger partial charge in [-0.3, -0.25) is 0 Å². The average Bonchev–Trinajstić information content (AvgIpc) is 1.84. The van der Waals surface area contributed by atoms with E-state index in [1.165, 1.54) is 0 Å². The lowest BCUT2D eigenvalue weighted by molar-refractivity contribution is -0.0577. The van der Waals surface area contributed by atoms with Gasteiger partial charge in [-0.05, 0) is 27.7 Å². The summed E-state index contributed by atoms with van der Waals surface area (Å²) < 4.78 is 5.49. The number of allylic oxidation sites excluding steroid dienone is 1. The van der Waals surface area contributed by atoms with Crippen LogP contribution in [0.4, 0.5) is 0 Å².